The zero-order valence-corrected chi connectivity index (χ0v) is 15.3. The third-order valence-corrected chi connectivity index (χ3v) is 5.44. The Labute approximate surface area is 152 Å². The van der Waals surface area contributed by atoms with Crippen LogP contribution < -0.4 is 0 Å². The van der Waals surface area contributed by atoms with Crippen molar-refractivity contribution in [1.29, 1.82) is 0 Å². The molecule has 4 rings (SSSR count). The van der Waals surface area contributed by atoms with E-state index in [1.807, 2.05) is 34.6 Å². The first-order chi connectivity index (χ1) is 12.1. The largest absolute Gasteiger partial charge is 0.303 e. The summed E-state index contributed by atoms with van der Waals surface area (Å²) < 4.78 is 4.57. The SMILES string of the molecule is CN(Cn1nc(-c2cccnc2)n(C)c1=S)C1CCc2ccccc21. The molecule has 2 heterocycles. The molecule has 1 aromatic carbocycles. The summed E-state index contributed by atoms with van der Waals surface area (Å²) >= 11 is 5.60. The van der Waals surface area contributed by atoms with Gasteiger partial charge in [0.05, 0.1) is 6.67 Å². The highest BCUT2D eigenvalue weighted by Crippen LogP contribution is 2.35. The highest BCUT2D eigenvalue weighted by molar-refractivity contribution is 7.71. The molecule has 1 aliphatic rings. The van der Waals surface area contributed by atoms with Gasteiger partial charge in [0.25, 0.3) is 0 Å². The van der Waals surface area contributed by atoms with E-state index in [4.69, 9.17) is 17.3 Å². The lowest BCUT2D eigenvalue weighted by molar-refractivity contribution is 0.182. The molecule has 0 bridgehead atoms. The molecule has 25 heavy (non-hydrogen) atoms. The number of benzene rings is 1. The molecular formula is C19H21N5S. The van der Waals surface area contributed by atoms with E-state index in [-0.39, 0.29) is 0 Å². The van der Waals surface area contributed by atoms with E-state index in [9.17, 15) is 0 Å². The lowest BCUT2D eigenvalue weighted by Gasteiger charge is -2.24. The van der Waals surface area contributed by atoms with Gasteiger partial charge in [-0.1, -0.05) is 24.3 Å². The van der Waals surface area contributed by atoms with Crippen molar-refractivity contribution < 1.29 is 0 Å². The van der Waals surface area contributed by atoms with Gasteiger partial charge in [-0.25, -0.2) is 4.68 Å². The molecule has 1 unspecified atom stereocenters. The highest BCUT2D eigenvalue weighted by Gasteiger charge is 2.26. The molecule has 0 saturated carbocycles. The summed E-state index contributed by atoms with van der Waals surface area (Å²) in [5, 5.41) is 4.74. The lowest BCUT2D eigenvalue weighted by Crippen LogP contribution is -2.26. The lowest BCUT2D eigenvalue weighted by atomic mass is 10.1. The van der Waals surface area contributed by atoms with Crippen LogP contribution in [0.15, 0.2) is 48.8 Å². The fourth-order valence-electron chi connectivity index (χ4n) is 3.63. The number of aromatic nitrogens is 4. The predicted octanol–water partition coefficient (Wildman–Crippen LogP) is 3.59. The zero-order chi connectivity index (χ0) is 17.4. The van der Waals surface area contributed by atoms with Gasteiger partial charge in [-0.2, -0.15) is 5.10 Å². The van der Waals surface area contributed by atoms with Gasteiger partial charge >= 0.3 is 0 Å². The van der Waals surface area contributed by atoms with Crippen molar-refractivity contribution >= 4 is 12.2 Å². The summed E-state index contributed by atoms with van der Waals surface area (Å²) in [5.41, 5.74) is 3.86. The van der Waals surface area contributed by atoms with Crippen LogP contribution in [0.3, 0.4) is 0 Å². The molecule has 2 aromatic heterocycles. The molecule has 0 radical (unpaired) electrons. The highest BCUT2D eigenvalue weighted by atomic mass is 32.1. The van der Waals surface area contributed by atoms with E-state index in [1.54, 1.807) is 6.20 Å². The van der Waals surface area contributed by atoms with Crippen molar-refractivity contribution in [3.63, 3.8) is 0 Å². The number of rotatable bonds is 4. The fourth-order valence-corrected chi connectivity index (χ4v) is 3.81. The van der Waals surface area contributed by atoms with Crippen LogP contribution in [0.1, 0.15) is 23.6 Å². The summed E-state index contributed by atoms with van der Waals surface area (Å²) in [6.45, 7) is 0.673. The van der Waals surface area contributed by atoms with Crippen LogP contribution in [0.5, 0.6) is 0 Å². The predicted molar refractivity (Wildman–Crippen MR) is 101 cm³/mol. The molecule has 5 nitrogen and oxygen atoms in total. The van der Waals surface area contributed by atoms with Crippen LogP contribution in [0.25, 0.3) is 11.4 Å². The topological polar surface area (TPSA) is 38.9 Å². The van der Waals surface area contributed by atoms with Gasteiger partial charge in [-0.05, 0) is 55.4 Å². The van der Waals surface area contributed by atoms with E-state index in [0.29, 0.717) is 12.7 Å². The molecule has 0 amide bonds. The fraction of sp³-hybridized carbons (Fsp3) is 0.316. The summed E-state index contributed by atoms with van der Waals surface area (Å²) in [5.74, 6) is 0.846. The Hall–Kier alpha value is -2.31. The Kier molecular flexibility index (Phi) is 4.23. The van der Waals surface area contributed by atoms with E-state index < -0.39 is 0 Å². The maximum atomic E-state index is 5.60. The first kappa shape index (κ1) is 16.2. The average Bonchev–Trinajstić information content (AvgIpc) is 3.19. The Bertz CT molecular complexity index is 944. The van der Waals surface area contributed by atoms with Gasteiger partial charge in [0, 0.05) is 31.0 Å². The van der Waals surface area contributed by atoms with Crippen molar-refractivity contribution in [1.82, 2.24) is 24.2 Å². The van der Waals surface area contributed by atoms with E-state index in [2.05, 4.69) is 41.2 Å². The average molecular weight is 351 g/mol. The molecule has 1 aliphatic carbocycles. The number of pyridine rings is 1. The van der Waals surface area contributed by atoms with E-state index in [0.717, 1.165) is 29.0 Å². The summed E-state index contributed by atoms with van der Waals surface area (Å²) in [6.07, 6.45) is 5.87. The zero-order valence-electron chi connectivity index (χ0n) is 14.5. The van der Waals surface area contributed by atoms with Crippen molar-refractivity contribution in [2.24, 2.45) is 7.05 Å². The second-order valence-electron chi connectivity index (χ2n) is 6.56. The van der Waals surface area contributed by atoms with Crippen LogP contribution in [0.4, 0.5) is 0 Å². The molecule has 6 heteroatoms. The molecule has 0 spiro atoms. The normalized spacial score (nSPS) is 16.4. The molecule has 3 aromatic rings. The Morgan fingerprint density at radius 2 is 2.08 bits per heavy atom. The Morgan fingerprint density at radius 3 is 2.88 bits per heavy atom. The number of hydrogen-bond donors (Lipinski definition) is 0. The first-order valence-corrected chi connectivity index (χ1v) is 8.88. The third kappa shape index (κ3) is 2.92. The standard InChI is InChI=1S/C19H21N5S/c1-22(17-10-9-14-6-3-4-8-16(14)17)13-24-19(25)23(2)18(21-24)15-7-5-11-20-12-15/h3-8,11-12,17H,9-10,13H2,1-2H3. The van der Waals surface area contributed by atoms with Crippen molar-refractivity contribution in [3.05, 3.63) is 64.7 Å². The maximum absolute atomic E-state index is 5.60. The summed E-state index contributed by atoms with van der Waals surface area (Å²) in [4.78, 5) is 6.52. The first-order valence-electron chi connectivity index (χ1n) is 8.47. The van der Waals surface area contributed by atoms with Crippen LogP contribution >= 0.6 is 12.2 Å². The minimum atomic E-state index is 0.418. The van der Waals surface area contributed by atoms with Gasteiger partial charge in [0.15, 0.2) is 10.6 Å². The number of hydrogen-bond acceptors (Lipinski definition) is 4. The molecule has 0 saturated heterocycles. The van der Waals surface area contributed by atoms with Gasteiger partial charge in [0.2, 0.25) is 0 Å². The smallest absolute Gasteiger partial charge is 0.199 e. The van der Waals surface area contributed by atoms with Crippen LogP contribution in [0.2, 0.25) is 0 Å². The van der Waals surface area contributed by atoms with Crippen molar-refractivity contribution in [3.8, 4) is 11.4 Å². The Balaban J connectivity index is 1.61. The van der Waals surface area contributed by atoms with E-state index in [1.165, 1.54) is 11.1 Å². The minimum Gasteiger partial charge on any atom is -0.303 e. The van der Waals surface area contributed by atoms with Crippen molar-refractivity contribution in [2.75, 3.05) is 7.05 Å². The van der Waals surface area contributed by atoms with Gasteiger partial charge in [-0.15, -0.1) is 0 Å². The van der Waals surface area contributed by atoms with Crippen LogP contribution in [-0.4, -0.2) is 31.3 Å². The second kappa shape index (κ2) is 6.54. The van der Waals surface area contributed by atoms with Gasteiger partial charge < -0.3 is 4.57 Å². The number of fused-ring (bicyclic) bond motifs is 1. The number of nitrogens with zero attached hydrogens (tertiary/aromatic N) is 5. The summed E-state index contributed by atoms with van der Waals surface area (Å²) in [6, 6.07) is 13.1. The van der Waals surface area contributed by atoms with E-state index >= 15 is 0 Å². The van der Waals surface area contributed by atoms with Crippen molar-refractivity contribution in [2.45, 2.75) is 25.6 Å². The third-order valence-electron chi connectivity index (χ3n) is 4.95. The van der Waals surface area contributed by atoms with Gasteiger partial charge in [-0.3, -0.25) is 9.88 Å². The Morgan fingerprint density at radius 1 is 1.24 bits per heavy atom. The van der Waals surface area contributed by atoms with Crippen LogP contribution in [0, 0.1) is 4.77 Å². The monoisotopic (exact) mass is 351 g/mol. The molecule has 0 fully saturated rings. The van der Waals surface area contributed by atoms with Crippen LogP contribution in [-0.2, 0) is 20.1 Å². The van der Waals surface area contributed by atoms with Gasteiger partial charge in [0.1, 0.15) is 0 Å². The molecular weight excluding hydrogens is 330 g/mol. The number of aryl methyl sites for hydroxylation is 1. The molecule has 1 atom stereocenters. The second-order valence-corrected chi connectivity index (χ2v) is 6.92. The molecule has 128 valence electrons. The summed E-state index contributed by atoms with van der Waals surface area (Å²) in [7, 11) is 4.10. The molecule has 0 N–H and O–H groups in total. The minimum absolute atomic E-state index is 0.418. The quantitative estimate of drug-likeness (QED) is 0.674. The maximum Gasteiger partial charge on any atom is 0.199 e. The molecule has 0 aliphatic heterocycles.